The Balaban J connectivity index is 1.14. The predicted octanol–water partition coefficient (Wildman–Crippen LogP) is 1.80. The lowest BCUT2D eigenvalue weighted by atomic mass is 9.94. The van der Waals surface area contributed by atoms with Crippen molar-refractivity contribution in [2.45, 2.75) is 69.9 Å². The van der Waals surface area contributed by atoms with Crippen molar-refractivity contribution in [3.63, 3.8) is 0 Å². The first-order valence-electron chi connectivity index (χ1n) is 12.2. The fraction of sp³-hybridized carbons (Fsp3) is 0.913. The molecule has 4 fully saturated rings. The van der Waals surface area contributed by atoms with Gasteiger partial charge in [-0.2, -0.15) is 0 Å². The highest BCUT2D eigenvalue weighted by Gasteiger charge is 2.31. The normalized spacial score (nSPS) is 26.6. The third kappa shape index (κ3) is 5.95. The quantitative estimate of drug-likeness (QED) is 0.733. The molecule has 0 aliphatic carbocycles. The number of hydrogen-bond acceptors (Lipinski definition) is 5. The molecule has 4 saturated heterocycles. The Morgan fingerprint density at radius 3 is 2.00 bits per heavy atom. The molecule has 4 aliphatic rings. The van der Waals surface area contributed by atoms with Crippen LogP contribution in [0.5, 0.6) is 0 Å². The lowest BCUT2D eigenvalue weighted by Gasteiger charge is -2.42. The Kier molecular flexibility index (Phi) is 8.01. The lowest BCUT2D eigenvalue weighted by Crippen LogP contribution is -2.52. The van der Waals surface area contributed by atoms with E-state index in [9.17, 15) is 9.59 Å². The molecule has 0 saturated carbocycles. The van der Waals surface area contributed by atoms with Crippen LogP contribution in [0, 0.1) is 11.8 Å². The third-order valence-corrected chi connectivity index (χ3v) is 7.61. The van der Waals surface area contributed by atoms with Crippen molar-refractivity contribution in [1.29, 1.82) is 0 Å². The average Bonchev–Trinajstić information content (AvgIpc) is 2.81. The second-order valence-corrected chi connectivity index (χ2v) is 9.58. The zero-order valence-corrected chi connectivity index (χ0v) is 18.4. The van der Waals surface area contributed by atoms with E-state index in [1.165, 1.54) is 0 Å². The molecule has 0 radical (unpaired) electrons. The van der Waals surface area contributed by atoms with Gasteiger partial charge >= 0.3 is 0 Å². The molecule has 30 heavy (non-hydrogen) atoms. The van der Waals surface area contributed by atoms with Crippen molar-refractivity contribution >= 4 is 11.8 Å². The number of hydrogen-bond donors (Lipinski definition) is 1. The van der Waals surface area contributed by atoms with Crippen LogP contribution in [-0.2, 0) is 19.1 Å². The molecule has 0 aromatic heterocycles. The van der Waals surface area contributed by atoms with Gasteiger partial charge in [-0.15, -0.1) is 0 Å². The maximum atomic E-state index is 12.6. The van der Waals surface area contributed by atoms with E-state index in [1.807, 2.05) is 0 Å². The summed E-state index contributed by atoms with van der Waals surface area (Å²) in [4.78, 5) is 29.8. The number of carbonyl (C=O) groups is 2. The van der Waals surface area contributed by atoms with Crippen LogP contribution in [0.1, 0.15) is 57.8 Å². The first-order chi connectivity index (χ1) is 14.7. The summed E-state index contributed by atoms with van der Waals surface area (Å²) >= 11 is 0. The van der Waals surface area contributed by atoms with Gasteiger partial charge in [0.25, 0.3) is 0 Å². The van der Waals surface area contributed by atoms with Crippen LogP contribution < -0.4 is 5.32 Å². The maximum Gasteiger partial charge on any atom is 0.223 e. The molecule has 0 unspecified atom stereocenters. The van der Waals surface area contributed by atoms with Gasteiger partial charge in [0.05, 0.1) is 0 Å². The number of piperidine rings is 2. The molecule has 4 aliphatic heterocycles. The summed E-state index contributed by atoms with van der Waals surface area (Å²) in [7, 11) is 0. The summed E-state index contributed by atoms with van der Waals surface area (Å²) in [5, 5.41) is 3.29. The molecular weight excluding hydrogens is 382 g/mol. The number of amides is 2. The summed E-state index contributed by atoms with van der Waals surface area (Å²) in [6.45, 7) is 6.95. The molecule has 2 amide bonds. The van der Waals surface area contributed by atoms with E-state index < -0.39 is 0 Å². The molecule has 170 valence electrons. The molecule has 1 N–H and O–H groups in total. The van der Waals surface area contributed by atoms with Gasteiger partial charge in [-0.25, -0.2) is 0 Å². The highest BCUT2D eigenvalue weighted by atomic mass is 16.5. The molecule has 4 rings (SSSR count). The van der Waals surface area contributed by atoms with E-state index in [0.717, 1.165) is 90.8 Å². The fourth-order valence-electron chi connectivity index (χ4n) is 5.49. The van der Waals surface area contributed by atoms with Gasteiger partial charge < -0.3 is 24.6 Å². The van der Waals surface area contributed by atoms with Gasteiger partial charge in [0, 0.05) is 77.0 Å². The van der Waals surface area contributed by atoms with E-state index >= 15 is 0 Å². The zero-order chi connectivity index (χ0) is 20.8. The monoisotopic (exact) mass is 421 g/mol. The standard InChI is InChI=1S/C23H39N3O4/c27-22(17-18-5-13-29-14-6-18)26-11-3-21(4-12-26)25-9-1-20(2-10-25)24-23(28)19-7-15-30-16-8-19/h18-21H,1-17H2,(H,24,28). The number of carbonyl (C=O) groups excluding carboxylic acids is 2. The predicted molar refractivity (Wildman–Crippen MR) is 114 cm³/mol. The minimum absolute atomic E-state index is 0.139. The summed E-state index contributed by atoms with van der Waals surface area (Å²) in [6.07, 6.45) is 8.72. The van der Waals surface area contributed by atoms with E-state index in [2.05, 4.69) is 15.1 Å². The molecule has 0 spiro atoms. The molecule has 0 aromatic rings. The van der Waals surface area contributed by atoms with Gasteiger partial charge in [0.15, 0.2) is 0 Å². The van der Waals surface area contributed by atoms with Gasteiger partial charge in [0.1, 0.15) is 0 Å². The fourth-order valence-corrected chi connectivity index (χ4v) is 5.49. The Morgan fingerprint density at radius 1 is 0.767 bits per heavy atom. The number of nitrogens with zero attached hydrogens (tertiary/aromatic N) is 2. The van der Waals surface area contributed by atoms with Crippen molar-refractivity contribution < 1.29 is 19.1 Å². The summed E-state index contributed by atoms with van der Waals surface area (Å²) < 4.78 is 10.8. The molecule has 7 heteroatoms. The van der Waals surface area contributed by atoms with Crippen LogP contribution in [0.2, 0.25) is 0 Å². The van der Waals surface area contributed by atoms with Crippen molar-refractivity contribution in [2.24, 2.45) is 11.8 Å². The number of rotatable bonds is 5. The number of nitrogens with one attached hydrogen (secondary N) is 1. The summed E-state index contributed by atoms with van der Waals surface area (Å²) in [6, 6.07) is 0.905. The SMILES string of the molecule is O=C(NC1CCN(C2CCN(C(=O)CC3CCOCC3)CC2)CC1)C1CCOCC1. The maximum absolute atomic E-state index is 12.6. The smallest absolute Gasteiger partial charge is 0.223 e. The molecule has 4 heterocycles. The largest absolute Gasteiger partial charge is 0.381 e. The van der Waals surface area contributed by atoms with E-state index in [4.69, 9.17) is 9.47 Å². The molecular formula is C23H39N3O4. The third-order valence-electron chi connectivity index (χ3n) is 7.61. The van der Waals surface area contributed by atoms with E-state index in [-0.39, 0.29) is 11.8 Å². The van der Waals surface area contributed by atoms with Crippen LogP contribution in [0.3, 0.4) is 0 Å². The first-order valence-corrected chi connectivity index (χ1v) is 12.2. The van der Waals surface area contributed by atoms with Crippen LogP contribution in [0.15, 0.2) is 0 Å². The van der Waals surface area contributed by atoms with Crippen molar-refractivity contribution in [3.8, 4) is 0 Å². The topological polar surface area (TPSA) is 71.1 Å². The molecule has 0 atom stereocenters. The van der Waals surface area contributed by atoms with E-state index in [0.29, 0.717) is 43.5 Å². The number of ether oxygens (including phenoxy) is 2. The zero-order valence-electron chi connectivity index (χ0n) is 18.4. The highest BCUT2D eigenvalue weighted by molar-refractivity contribution is 5.79. The summed E-state index contributed by atoms with van der Waals surface area (Å²) in [5.74, 6) is 1.22. The Labute approximate surface area is 180 Å². The lowest BCUT2D eigenvalue weighted by molar-refractivity contribution is -0.134. The average molecular weight is 422 g/mol. The van der Waals surface area contributed by atoms with Gasteiger partial charge in [-0.1, -0.05) is 0 Å². The Hall–Kier alpha value is -1.18. The Morgan fingerprint density at radius 2 is 1.37 bits per heavy atom. The first kappa shape index (κ1) is 22.0. The van der Waals surface area contributed by atoms with Crippen molar-refractivity contribution in [2.75, 3.05) is 52.6 Å². The van der Waals surface area contributed by atoms with Crippen LogP contribution in [-0.4, -0.2) is 86.3 Å². The van der Waals surface area contributed by atoms with E-state index in [1.54, 1.807) is 0 Å². The van der Waals surface area contributed by atoms with Crippen molar-refractivity contribution in [1.82, 2.24) is 15.1 Å². The highest BCUT2D eigenvalue weighted by Crippen LogP contribution is 2.24. The van der Waals surface area contributed by atoms with Gasteiger partial charge in [-0.3, -0.25) is 9.59 Å². The van der Waals surface area contributed by atoms with Crippen molar-refractivity contribution in [3.05, 3.63) is 0 Å². The van der Waals surface area contributed by atoms with Crippen LogP contribution in [0.4, 0.5) is 0 Å². The summed E-state index contributed by atoms with van der Waals surface area (Å²) in [5.41, 5.74) is 0. The number of likely N-dealkylation sites (tertiary alicyclic amines) is 2. The minimum Gasteiger partial charge on any atom is -0.381 e. The second kappa shape index (κ2) is 10.9. The molecule has 0 bridgehead atoms. The van der Waals surface area contributed by atoms with Gasteiger partial charge in [-0.05, 0) is 57.3 Å². The van der Waals surface area contributed by atoms with Gasteiger partial charge in [0.2, 0.25) is 11.8 Å². The van der Waals surface area contributed by atoms with Crippen LogP contribution >= 0.6 is 0 Å². The molecule has 7 nitrogen and oxygen atoms in total. The second-order valence-electron chi connectivity index (χ2n) is 9.58. The minimum atomic E-state index is 0.139. The van der Waals surface area contributed by atoms with Crippen LogP contribution in [0.25, 0.3) is 0 Å². The Bertz CT molecular complexity index is 559. The molecule has 0 aromatic carbocycles.